The number of unbranched alkanes of at least 4 members (excludes halogenated alkanes) is 3. The Balaban J connectivity index is 1.90. The Labute approximate surface area is 174 Å². The topological polar surface area (TPSA) is 57.5 Å². The van der Waals surface area contributed by atoms with Crippen LogP contribution in [0, 0.1) is 5.92 Å². The van der Waals surface area contributed by atoms with E-state index in [4.69, 9.17) is 16.7 Å². The lowest BCUT2D eigenvalue weighted by Crippen LogP contribution is -2.13. The maximum absolute atomic E-state index is 10.6. The van der Waals surface area contributed by atoms with Crippen molar-refractivity contribution >= 4 is 17.6 Å². The van der Waals surface area contributed by atoms with Crippen LogP contribution < -0.4 is 0 Å². The fraction of sp³-hybridized carbons (Fsp3) is 0.625. The van der Waals surface area contributed by atoms with Crippen LogP contribution in [0.1, 0.15) is 94.3 Å². The Kier molecular flexibility index (Phi) is 10.1. The highest BCUT2D eigenvalue weighted by molar-refractivity contribution is 6.21. The maximum Gasteiger partial charge on any atom is 0.303 e. The molecule has 0 bridgehead atoms. The molecule has 1 aliphatic rings. The molecular weight excluding hydrogens is 372 g/mol. The molecule has 1 saturated carbocycles. The van der Waals surface area contributed by atoms with E-state index in [0.29, 0.717) is 18.3 Å². The fourth-order valence-electron chi connectivity index (χ4n) is 4.23. The normalized spacial score (nSPS) is 23.3. The van der Waals surface area contributed by atoms with E-state index in [2.05, 4.69) is 43.3 Å². The molecule has 3 nitrogen and oxygen atoms in total. The molecule has 1 aromatic rings. The number of allylic oxidation sites excluding steroid dienone is 2. The number of carbonyl (C=O) groups is 1. The first-order valence-corrected chi connectivity index (χ1v) is 11.2. The predicted octanol–water partition coefficient (Wildman–Crippen LogP) is 6.60. The number of carboxylic acids is 1. The van der Waals surface area contributed by atoms with Crippen molar-refractivity contribution in [1.82, 2.24) is 0 Å². The molecule has 0 spiro atoms. The number of benzene rings is 1. The second-order valence-electron chi connectivity index (χ2n) is 8.05. The maximum atomic E-state index is 10.6. The molecule has 0 saturated heterocycles. The molecule has 1 aromatic carbocycles. The molecule has 0 aromatic heterocycles. The van der Waals surface area contributed by atoms with Gasteiger partial charge in [-0.15, -0.1) is 11.6 Å². The number of aliphatic hydroxyl groups is 1. The van der Waals surface area contributed by atoms with E-state index in [1.807, 2.05) is 0 Å². The van der Waals surface area contributed by atoms with Crippen LogP contribution in [-0.2, 0) is 4.79 Å². The fourth-order valence-corrected chi connectivity index (χ4v) is 4.71. The first-order valence-electron chi connectivity index (χ1n) is 10.8. The lowest BCUT2D eigenvalue weighted by atomic mass is 9.85. The first kappa shape index (κ1) is 23.0. The third-order valence-electron chi connectivity index (χ3n) is 5.86. The molecule has 0 amide bonds. The van der Waals surface area contributed by atoms with Gasteiger partial charge in [-0.25, -0.2) is 0 Å². The van der Waals surface area contributed by atoms with E-state index in [0.717, 1.165) is 50.5 Å². The van der Waals surface area contributed by atoms with Gasteiger partial charge in [-0.05, 0) is 55.6 Å². The van der Waals surface area contributed by atoms with Gasteiger partial charge in [0, 0.05) is 17.7 Å². The quantitative estimate of drug-likeness (QED) is 0.233. The Morgan fingerprint density at radius 1 is 1.18 bits per heavy atom. The minimum atomic E-state index is -0.729. The van der Waals surface area contributed by atoms with Gasteiger partial charge in [0.1, 0.15) is 0 Å². The van der Waals surface area contributed by atoms with Crippen LogP contribution in [-0.4, -0.2) is 21.6 Å². The summed E-state index contributed by atoms with van der Waals surface area (Å²) in [5.74, 6) is 0.142. The molecule has 4 heteroatoms. The highest BCUT2D eigenvalue weighted by Crippen LogP contribution is 2.45. The summed E-state index contributed by atoms with van der Waals surface area (Å²) < 4.78 is 0. The zero-order valence-electron chi connectivity index (χ0n) is 17.0. The summed E-state index contributed by atoms with van der Waals surface area (Å²) in [7, 11) is 0. The standard InChI is InChI=1S/C24H35ClO3/c1-2-3-6-10-22(26)18-12-14-20(15-13-18)24-19(16-17-21(24)25)9-7-4-5-8-11-23(27)28/h4,7,12-15,19,21-22,24,26H,2-3,5-6,8-11,16-17H2,1H3,(H,27,28)/t19-,21-,22?,24-/m0/s1. The lowest BCUT2D eigenvalue weighted by Gasteiger charge is -2.22. The minimum absolute atomic E-state index is 0.158. The van der Waals surface area contributed by atoms with Crippen molar-refractivity contribution in [2.75, 3.05) is 0 Å². The molecular formula is C24H35ClO3. The zero-order valence-corrected chi connectivity index (χ0v) is 17.8. The van der Waals surface area contributed by atoms with Gasteiger partial charge >= 0.3 is 5.97 Å². The molecule has 2 N–H and O–H groups in total. The van der Waals surface area contributed by atoms with E-state index in [-0.39, 0.29) is 17.9 Å². The summed E-state index contributed by atoms with van der Waals surface area (Å²) in [6, 6.07) is 8.42. The Hall–Kier alpha value is -1.32. The van der Waals surface area contributed by atoms with Crippen molar-refractivity contribution in [3.8, 4) is 0 Å². The molecule has 0 radical (unpaired) electrons. The van der Waals surface area contributed by atoms with Crippen molar-refractivity contribution in [3.05, 3.63) is 47.5 Å². The van der Waals surface area contributed by atoms with Crippen LogP contribution in [0.15, 0.2) is 36.4 Å². The van der Waals surface area contributed by atoms with Crippen LogP contribution in [0.3, 0.4) is 0 Å². The molecule has 1 aliphatic carbocycles. The molecule has 0 aliphatic heterocycles. The SMILES string of the molecule is CCCCCC(O)c1ccc([C@@H]2[C@@H](CC=CCCCC(=O)O)CC[C@@H]2Cl)cc1. The average Bonchev–Trinajstić information content (AvgIpc) is 3.05. The Morgan fingerprint density at radius 2 is 1.93 bits per heavy atom. The molecule has 2 rings (SSSR count). The van der Waals surface area contributed by atoms with Crippen LogP contribution in [0.25, 0.3) is 0 Å². The van der Waals surface area contributed by atoms with E-state index in [1.54, 1.807) is 0 Å². The number of hydrogen-bond donors (Lipinski definition) is 2. The number of rotatable bonds is 12. The number of alkyl halides is 1. The first-order chi connectivity index (χ1) is 13.5. The van der Waals surface area contributed by atoms with E-state index in [1.165, 1.54) is 12.0 Å². The minimum Gasteiger partial charge on any atom is -0.481 e. The monoisotopic (exact) mass is 406 g/mol. The highest BCUT2D eigenvalue weighted by Gasteiger charge is 2.35. The van der Waals surface area contributed by atoms with E-state index in [9.17, 15) is 9.90 Å². The molecule has 0 heterocycles. The second kappa shape index (κ2) is 12.3. The number of aliphatic hydroxyl groups excluding tert-OH is 1. The smallest absolute Gasteiger partial charge is 0.303 e. The van der Waals surface area contributed by atoms with Crippen molar-refractivity contribution in [1.29, 1.82) is 0 Å². The van der Waals surface area contributed by atoms with Crippen molar-refractivity contribution in [3.63, 3.8) is 0 Å². The molecule has 28 heavy (non-hydrogen) atoms. The summed E-state index contributed by atoms with van der Waals surface area (Å²) in [5, 5.41) is 19.2. The van der Waals surface area contributed by atoms with Crippen molar-refractivity contribution in [2.45, 2.75) is 88.5 Å². The molecule has 156 valence electrons. The summed E-state index contributed by atoms with van der Waals surface area (Å²) in [5.41, 5.74) is 2.27. The summed E-state index contributed by atoms with van der Waals surface area (Å²) in [6.07, 6.45) is 13.0. The predicted molar refractivity (Wildman–Crippen MR) is 116 cm³/mol. The van der Waals surface area contributed by atoms with Gasteiger partial charge < -0.3 is 10.2 Å². The van der Waals surface area contributed by atoms with Crippen molar-refractivity contribution in [2.24, 2.45) is 5.92 Å². The van der Waals surface area contributed by atoms with Crippen LogP contribution in [0.2, 0.25) is 0 Å². The Morgan fingerprint density at radius 3 is 2.61 bits per heavy atom. The summed E-state index contributed by atoms with van der Waals surface area (Å²) in [6.45, 7) is 2.17. The van der Waals surface area contributed by atoms with Gasteiger partial charge in [0.05, 0.1) is 6.10 Å². The van der Waals surface area contributed by atoms with Gasteiger partial charge in [-0.1, -0.05) is 62.6 Å². The van der Waals surface area contributed by atoms with Crippen LogP contribution in [0.4, 0.5) is 0 Å². The van der Waals surface area contributed by atoms with Crippen molar-refractivity contribution < 1.29 is 15.0 Å². The van der Waals surface area contributed by atoms with Gasteiger partial charge in [-0.2, -0.15) is 0 Å². The second-order valence-corrected chi connectivity index (χ2v) is 8.61. The molecule has 1 unspecified atom stereocenters. The number of carboxylic acid groups (broad SMARTS) is 1. The van der Waals surface area contributed by atoms with E-state index >= 15 is 0 Å². The Bertz CT molecular complexity index is 611. The summed E-state index contributed by atoms with van der Waals surface area (Å²) in [4.78, 5) is 10.6. The lowest BCUT2D eigenvalue weighted by molar-refractivity contribution is -0.137. The van der Waals surface area contributed by atoms with Crippen LogP contribution in [0.5, 0.6) is 0 Å². The molecule has 1 fully saturated rings. The zero-order chi connectivity index (χ0) is 20.4. The molecule has 4 atom stereocenters. The third kappa shape index (κ3) is 7.25. The largest absolute Gasteiger partial charge is 0.481 e. The number of hydrogen-bond acceptors (Lipinski definition) is 2. The number of halogens is 1. The summed E-state index contributed by atoms with van der Waals surface area (Å²) >= 11 is 6.65. The highest BCUT2D eigenvalue weighted by atomic mass is 35.5. The van der Waals surface area contributed by atoms with Gasteiger partial charge in [-0.3, -0.25) is 4.79 Å². The average molecular weight is 407 g/mol. The van der Waals surface area contributed by atoms with Gasteiger partial charge in [0.2, 0.25) is 0 Å². The van der Waals surface area contributed by atoms with E-state index < -0.39 is 5.97 Å². The van der Waals surface area contributed by atoms with Gasteiger partial charge in [0.15, 0.2) is 0 Å². The van der Waals surface area contributed by atoms with Gasteiger partial charge in [0.25, 0.3) is 0 Å². The van der Waals surface area contributed by atoms with Crippen LogP contribution >= 0.6 is 11.6 Å². The number of aliphatic carboxylic acids is 1. The third-order valence-corrected chi connectivity index (χ3v) is 6.35.